The third-order valence-corrected chi connectivity index (χ3v) is 0.270. The van der Waals surface area contributed by atoms with E-state index in [0.29, 0.717) is 0 Å². The van der Waals surface area contributed by atoms with Gasteiger partial charge >= 0.3 is 29.6 Å². The molecule has 0 saturated heterocycles. The second kappa shape index (κ2) is 3.27. The van der Waals surface area contributed by atoms with Crippen LogP contribution in [0.3, 0.4) is 0 Å². The number of aromatic nitrogens is 4. The molecule has 0 radical (unpaired) electrons. The Morgan fingerprint density at radius 2 is 2.33 bits per heavy atom. The monoisotopic (exact) mass is 93.0 g/mol. The Balaban J connectivity index is 0.000000250. The maximum atomic E-state index is 3.38. The van der Waals surface area contributed by atoms with Crippen LogP contribution in [0, 0.1) is 0 Å². The third kappa shape index (κ3) is 1.49. The van der Waals surface area contributed by atoms with Crippen molar-refractivity contribution in [2.75, 3.05) is 0 Å². The van der Waals surface area contributed by atoms with Gasteiger partial charge in [-0.3, -0.25) is 0 Å². The van der Waals surface area contributed by atoms with Gasteiger partial charge in [0.2, 0.25) is 0 Å². The zero-order valence-corrected chi connectivity index (χ0v) is 5.42. The Bertz CT molecular complexity index is 64.0. The Kier molecular flexibility index (Phi) is 3.31. The number of nitrogens with zero attached hydrogens (tertiary/aromatic N) is 3. The molecule has 0 aromatic carbocycles. The molecule has 5 heteroatoms. The van der Waals surface area contributed by atoms with Crippen LogP contribution in [-0.4, -0.2) is 20.6 Å². The molecule has 0 saturated carbocycles. The van der Waals surface area contributed by atoms with Gasteiger partial charge in [-0.25, -0.2) is 0 Å². The van der Waals surface area contributed by atoms with Crippen molar-refractivity contribution in [1.82, 2.24) is 20.6 Å². The molecule has 0 aliphatic rings. The zero-order valence-electron chi connectivity index (χ0n) is 3.42. The average Bonchev–Trinajstić information content (AvgIpc) is 1.76. The van der Waals surface area contributed by atoms with Crippen molar-refractivity contribution >= 4 is 0 Å². The van der Waals surface area contributed by atoms with Crippen LogP contribution < -0.4 is 29.6 Å². The summed E-state index contributed by atoms with van der Waals surface area (Å²) in [6.45, 7) is 0. The summed E-state index contributed by atoms with van der Waals surface area (Å²) >= 11 is 0. The molecule has 1 aromatic rings. The molecule has 1 heterocycles. The van der Waals surface area contributed by atoms with Crippen LogP contribution in [0.4, 0.5) is 0 Å². The molecule has 0 unspecified atom stereocenters. The van der Waals surface area contributed by atoms with Gasteiger partial charge in [-0.1, -0.05) is 5.21 Å². The van der Waals surface area contributed by atoms with Crippen molar-refractivity contribution in [3.63, 3.8) is 0 Å². The molecule has 1 rings (SSSR count). The molecular formula is CH2N4Na+. The van der Waals surface area contributed by atoms with Crippen LogP contribution in [0.25, 0.3) is 0 Å². The van der Waals surface area contributed by atoms with Gasteiger partial charge in [0.1, 0.15) is 0 Å². The van der Waals surface area contributed by atoms with Crippen molar-refractivity contribution in [2.45, 2.75) is 0 Å². The maximum Gasteiger partial charge on any atom is 1.00 e. The first-order valence-electron chi connectivity index (χ1n) is 1.16. The molecule has 0 spiro atoms. The van der Waals surface area contributed by atoms with Crippen molar-refractivity contribution in [3.8, 4) is 0 Å². The average molecular weight is 93.0 g/mol. The predicted molar refractivity (Wildman–Crippen MR) is 14.2 cm³/mol. The predicted octanol–water partition coefficient (Wildman–Crippen LogP) is -3.80. The Morgan fingerprint density at radius 3 is 2.50 bits per heavy atom. The summed E-state index contributed by atoms with van der Waals surface area (Å²) in [7, 11) is 0. The molecule has 1 N–H and O–H groups in total. The molecule has 0 aliphatic carbocycles. The van der Waals surface area contributed by atoms with Gasteiger partial charge in [0.15, 0.2) is 6.33 Å². The molecule has 1 aromatic heterocycles. The molecule has 0 atom stereocenters. The number of nitrogens with one attached hydrogen (secondary N) is 1. The van der Waals surface area contributed by atoms with E-state index >= 15 is 0 Å². The van der Waals surface area contributed by atoms with E-state index in [1.54, 1.807) is 0 Å². The second-order valence-electron chi connectivity index (χ2n) is 0.560. The van der Waals surface area contributed by atoms with Crippen LogP contribution in [0.5, 0.6) is 0 Å². The van der Waals surface area contributed by atoms with Gasteiger partial charge in [0, 0.05) is 0 Å². The fourth-order valence-corrected chi connectivity index (χ4v) is 0.129. The Labute approximate surface area is 56.6 Å². The Hall–Kier alpha value is 0.0700. The normalized spacial score (nSPS) is 6.67. The van der Waals surface area contributed by atoms with Crippen molar-refractivity contribution in [2.24, 2.45) is 0 Å². The van der Waals surface area contributed by atoms with Crippen LogP contribution in [0.15, 0.2) is 6.33 Å². The van der Waals surface area contributed by atoms with Crippen molar-refractivity contribution in [3.05, 3.63) is 6.33 Å². The maximum absolute atomic E-state index is 3.38. The first-order chi connectivity index (χ1) is 2.50. The minimum atomic E-state index is 0. The van der Waals surface area contributed by atoms with Crippen LogP contribution in [0.1, 0.15) is 0 Å². The van der Waals surface area contributed by atoms with E-state index < -0.39 is 0 Å². The fraction of sp³-hybridized carbons (Fsp3) is 0. The summed E-state index contributed by atoms with van der Waals surface area (Å²) in [5.74, 6) is 0. The topological polar surface area (TPSA) is 54.5 Å². The van der Waals surface area contributed by atoms with Crippen LogP contribution in [0.2, 0.25) is 0 Å². The van der Waals surface area contributed by atoms with E-state index in [4.69, 9.17) is 0 Å². The number of hydrogen-bond acceptors (Lipinski definition) is 3. The summed E-state index contributed by atoms with van der Waals surface area (Å²) in [5.41, 5.74) is 0. The summed E-state index contributed by atoms with van der Waals surface area (Å²) in [6.07, 6.45) is 1.33. The number of tetrazole rings is 1. The van der Waals surface area contributed by atoms with E-state index in [-0.39, 0.29) is 29.6 Å². The first-order valence-corrected chi connectivity index (χ1v) is 1.16. The molecule has 6 heavy (non-hydrogen) atoms. The van der Waals surface area contributed by atoms with E-state index in [2.05, 4.69) is 20.6 Å². The van der Waals surface area contributed by atoms with E-state index in [0.717, 1.165) is 0 Å². The number of hydrogen-bond donors (Lipinski definition) is 1. The number of aromatic amines is 1. The Morgan fingerprint density at radius 1 is 1.50 bits per heavy atom. The molecular weight excluding hydrogens is 91.0 g/mol. The van der Waals surface area contributed by atoms with Gasteiger partial charge in [-0.2, -0.15) is 5.21 Å². The second-order valence-corrected chi connectivity index (χ2v) is 0.560. The van der Waals surface area contributed by atoms with Gasteiger partial charge < -0.3 is 0 Å². The standard InChI is InChI=1S/CH2N4.Na/c1-2-4-5-3-1;/h1H,(H,2,3,4,5);/q;+1. The van der Waals surface area contributed by atoms with E-state index in [1.165, 1.54) is 6.33 Å². The summed E-state index contributed by atoms with van der Waals surface area (Å²) in [5, 5.41) is 12.2. The summed E-state index contributed by atoms with van der Waals surface area (Å²) < 4.78 is 0. The van der Waals surface area contributed by atoms with Crippen molar-refractivity contribution in [1.29, 1.82) is 0 Å². The third-order valence-electron chi connectivity index (χ3n) is 0.270. The van der Waals surface area contributed by atoms with E-state index in [1.807, 2.05) is 0 Å². The van der Waals surface area contributed by atoms with Crippen molar-refractivity contribution < 1.29 is 29.6 Å². The smallest absolute Gasteiger partial charge is 0.177 e. The summed E-state index contributed by atoms with van der Waals surface area (Å²) in [6, 6.07) is 0. The largest absolute Gasteiger partial charge is 1.00 e. The first kappa shape index (κ1) is 6.07. The fourth-order valence-electron chi connectivity index (χ4n) is 0.129. The van der Waals surface area contributed by atoms with Gasteiger partial charge in [0.05, 0.1) is 0 Å². The van der Waals surface area contributed by atoms with Gasteiger partial charge in [-0.15, -0.1) is 10.2 Å². The summed E-state index contributed by atoms with van der Waals surface area (Å²) in [4.78, 5) is 0. The molecule has 0 bridgehead atoms. The molecule has 0 fully saturated rings. The molecule has 0 aliphatic heterocycles. The molecule has 26 valence electrons. The minimum absolute atomic E-state index is 0. The van der Waals surface area contributed by atoms with Gasteiger partial charge in [0.25, 0.3) is 0 Å². The molecule has 0 amide bonds. The number of H-pyrrole nitrogens is 1. The quantitative estimate of drug-likeness (QED) is 0.335. The minimum Gasteiger partial charge on any atom is -0.177 e. The van der Waals surface area contributed by atoms with Gasteiger partial charge in [-0.05, 0) is 0 Å². The van der Waals surface area contributed by atoms with Crippen LogP contribution in [-0.2, 0) is 0 Å². The molecule has 4 nitrogen and oxygen atoms in total. The van der Waals surface area contributed by atoms with E-state index in [9.17, 15) is 0 Å². The SMILES string of the molecule is [Na+].c1nn[nH]n1. The zero-order chi connectivity index (χ0) is 3.54. The van der Waals surface area contributed by atoms with Crippen LogP contribution >= 0.6 is 0 Å². The number of rotatable bonds is 0.